The molecule has 1 aromatic heterocycles. The average molecular weight is 567 g/mol. The first-order valence-corrected chi connectivity index (χ1v) is 13.3. The molecule has 13 heteroatoms. The Hall–Kier alpha value is -4.91. The quantitative estimate of drug-likeness (QED) is 0.301. The van der Waals surface area contributed by atoms with Gasteiger partial charge in [0.25, 0.3) is 21.5 Å². The van der Waals surface area contributed by atoms with Crippen LogP contribution in [0.15, 0.2) is 87.3 Å². The average Bonchev–Trinajstić information content (AvgIpc) is 2.96. The summed E-state index contributed by atoms with van der Waals surface area (Å²) in [6, 6.07) is 19.5. The minimum atomic E-state index is -3.83. The monoisotopic (exact) mass is 566 g/mol. The van der Waals surface area contributed by atoms with E-state index in [1.54, 1.807) is 18.2 Å². The van der Waals surface area contributed by atoms with Crippen molar-refractivity contribution in [2.24, 2.45) is 14.1 Å². The van der Waals surface area contributed by atoms with Gasteiger partial charge in [-0.3, -0.25) is 23.0 Å². The second-order valence-electron chi connectivity index (χ2n) is 8.74. The van der Waals surface area contributed by atoms with Crippen molar-refractivity contribution in [3.05, 3.63) is 93.6 Å². The maximum Gasteiger partial charge on any atom is 0.344 e. The lowest BCUT2D eigenvalue weighted by atomic mass is 10.1. The van der Waals surface area contributed by atoms with E-state index in [4.69, 9.17) is 9.47 Å². The van der Waals surface area contributed by atoms with Crippen molar-refractivity contribution in [2.75, 3.05) is 29.9 Å². The fourth-order valence-electron chi connectivity index (χ4n) is 3.74. The number of benzene rings is 3. The van der Waals surface area contributed by atoms with Gasteiger partial charge in [-0.25, -0.2) is 18.0 Å². The number of carbonyl (C=O) groups is 2. The first kappa shape index (κ1) is 28.1. The van der Waals surface area contributed by atoms with Gasteiger partial charge < -0.3 is 14.8 Å². The van der Waals surface area contributed by atoms with Crippen LogP contribution >= 0.6 is 0 Å². The van der Waals surface area contributed by atoms with E-state index in [9.17, 15) is 27.6 Å². The predicted octanol–water partition coefficient (Wildman–Crippen LogP) is 1.62. The molecule has 0 spiro atoms. The van der Waals surface area contributed by atoms with Crippen molar-refractivity contribution in [3.8, 4) is 5.75 Å². The van der Waals surface area contributed by atoms with Gasteiger partial charge in [0.05, 0.1) is 10.6 Å². The SMILES string of the molecule is CN(c1ccc(OCC(=O)OCC(=O)Nc2cc(=O)n(C)c(=O)n2C)cc1)S(=O)(=O)c1ccc2ccccc2c1. The number of rotatable bonds is 9. The zero-order valence-electron chi connectivity index (χ0n) is 21.9. The second kappa shape index (κ2) is 11.5. The zero-order valence-corrected chi connectivity index (χ0v) is 22.7. The largest absolute Gasteiger partial charge is 0.482 e. The molecule has 0 aliphatic rings. The van der Waals surface area contributed by atoms with E-state index in [0.717, 1.165) is 30.3 Å². The van der Waals surface area contributed by atoms with Crippen LogP contribution < -0.4 is 25.6 Å². The molecule has 1 amide bonds. The molecule has 0 fully saturated rings. The lowest BCUT2D eigenvalue weighted by molar-refractivity contribution is -0.149. The summed E-state index contributed by atoms with van der Waals surface area (Å²) in [5, 5.41) is 4.07. The van der Waals surface area contributed by atoms with Gasteiger partial charge in [0.15, 0.2) is 13.2 Å². The first-order chi connectivity index (χ1) is 19.0. The number of fused-ring (bicyclic) bond motifs is 1. The fraction of sp³-hybridized carbons (Fsp3) is 0.185. The van der Waals surface area contributed by atoms with Crippen LogP contribution in [-0.4, -0.2) is 49.7 Å². The van der Waals surface area contributed by atoms with Crippen LogP contribution in [0.4, 0.5) is 11.5 Å². The third kappa shape index (κ3) is 6.04. The molecule has 4 rings (SSSR count). The van der Waals surface area contributed by atoms with Crippen LogP contribution in [-0.2, 0) is 38.4 Å². The molecule has 1 heterocycles. The van der Waals surface area contributed by atoms with E-state index in [1.807, 2.05) is 24.3 Å². The topological polar surface area (TPSA) is 146 Å². The Balaban J connectivity index is 1.31. The number of aromatic nitrogens is 2. The van der Waals surface area contributed by atoms with Crippen LogP contribution in [0.25, 0.3) is 10.8 Å². The summed E-state index contributed by atoms with van der Waals surface area (Å²) in [5.74, 6) is -1.36. The number of hydrogen-bond donors (Lipinski definition) is 1. The summed E-state index contributed by atoms with van der Waals surface area (Å²) in [6.07, 6.45) is 0. The predicted molar refractivity (Wildman–Crippen MR) is 148 cm³/mol. The highest BCUT2D eigenvalue weighted by Crippen LogP contribution is 2.26. The molecule has 208 valence electrons. The number of esters is 1. The third-order valence-electron chi connectivity index (χ3n) is 6.09. The van der Waals surface area contributed by atoms with Gasteiger partial charge in [0.1, 0.15) is 11.6 Å². The number of ether oxygens (including phenoxy) is 2. The van der Waals surface area contributed by atoms with Gasteiger partial charge in [0, 0.05) is 27.2 Å². The minimum Gasteiger partial charge on any atom is -0.482 e. The van der Waals surface area contributed by atoms with Crippen molar-refractivity contribution < 1.29 is 27.5 Å². The molecular formula is C27H26N4O8S. The summed E-state index contributed by atoms with van der Waals surface area (Å²) in [7, 11) is 0.289. The van der Waals surface area contributed by atoms with Crippen LogP contribution in [0.3, 0.4) is 0 Å². The Kier molecular flexibility index (Phi) is 8.05. The fourth-order valence-corrected chi connectivity index (χ4v) is 4.97. The maximum absolute atomic E-state index is 13.2. The van der Waals surface area contributed by atoms with Gasteiger partial charge >= 0.3 is 11.7 Å². The number of nitrogens with one attached hydrogen (secondary N) is 1. The number of carbonyl (C=O) groups excluding carboxylic acids is 2. The van der Waals surface area contributed by atoms with E-state index >= 15 is 0 Å². The number of sulfonamides is 1. The minimum absolute atomic E-state index is 0.0434. The van der Waals surface area contributed by atoms with Crippen LogP contribution in [0.5, 0.6) is 5.75 Å². The van der Waals surface area contributed by atoms with Crippen molar-refractivity contribution in [1.82, 2.24) is 9.13 Å². The van der Waals surface area contributed by atoms with Gasteiger partial charge in [-0.15, -0.1) is 0 Å². The van der Waals surface area contributed by atoms with E-state index < -0.39 is 46.4 Å². The summed E-state index contributed by atoms with van der Waals surface area (Å²) < 4.78 is 39.6. The van der Waals surface area contributed by atoms with E-state index in [0.29, 0.717) is 5.69 Å². The summed E-state index contributed by atoms with van der Waals surface area (Å²) in [4.78, 5) is 48.0. The molecule has 12 nitrogen and oxygen atoms in total. The molecular weight excluding hydrogens is 540 g/mol. The van der Waals surface area contributed by atoms with Gasteiger partial charge in [-0.1, -0.05) is 30.3 Å². The van der Waals surface area contributed by atoms with Crippen molar-refractivity contribution in [1.29, 1.82) is 0 Å². The Labute approximate surface area is 229 Å². The number of nitrogens with zero attached hydrogens (tertiary/aromatic N) is 3. The van der Waals surface area contributed by atoms with Crippen molar-refractivity contribution >= 4 is 44.2 Å². The number of amides is 1. The molecule has 4 aromatic rings. The summed E-state index contributed by atoms with van der Waals surface area (Å²) in [6.45, 7) is -1.18. The standard InChI is InChI=1S/C27H26N4O8S/c1-29-23(15-25(33)30(2)27(29)35)28-24(32)16-39-26(34)17-38-21-11-9-20(10-12-21)31(3)40(36,37)22-13-8-18-6-4-5-7-19(18)14-22/h4-15H,16-17H2,1-3H3,(H,28,32). The van der Waals surface area contributed by atoms with E-state index in [-0.39, 0.29) is 16.5 Å². The Morgan fingerprint density at radius 1 is 0.875 bits per heavy atom. The highest BCUT2D eigenvalue weighted by molar-refractivity contribution is 7.92. The molecule has 0 aliphatic heterocycles. The molecule has 1 N–H and O–H groups in total. The highest BCUT2D eigenvalue weighted by Gasteiger charge is 2.22. The normalized spacial score (nSPS) is 11.2. The first-order valence-electron chi connectivity index (χ1n) is 11.9. The molecule has 0 saturated heterocycles. The third-order valence-corrected chi connectivity index (χ3v) is 7.88. The highest BCUT2D eigenvalue weighted by atomic mass is 32.2. The number of anilines is 2. The summed E-state index contributed by atoms with van der Waals surface area (Å²) in [5.41, 5.74) is -0.853. The molecule has 0 bridgehead atoms. The molecule has 0 unspecified atom stereocenters. The van der Waals surface area contributed by atoms with Crippen molar-refractivity contribution in [2.45, 2.75) is 4.90 Å². The Morgan fingerprint density at radius 2 is 1.55 bits per heavy atom. The van der Waals surface area contributed by atoms with Crippen LogP contribution in [0.1, 0.15) is 0 Å². The molecule has 0 aliphatic carbocycles. The van der Waals surface area contributed by atoms with Gasteiger partial charge in [-0.05, 0) is 47.2 Å². The van der Waals surface area contributed by atoms with Crippen LogP contribution in [0, 0.1) is 0 Å². The lowest BCUT2D eigenvalue weighted by Crippen LogP contribution is -2.38. The molecule has 0 atom stereocenters. The van der Waals surface area contributed by atoms with Gasteiger partial charge in [0.2, 0.25) is 0 Å². The smallest absolute Gasteiger partial charge is 0.344 e. The van der Waals surface area contributed by atoms with Crippen molar-refractivity contribution in [3.63, 3.8) is 0 Å². The summed E-state index contributed by atoms with van der Waals surface area (Å²) >= 11 is 0. The molecule has 0 radical (unpaired) electrons. The van der Waals surface area contributed by atoms with E-state index in [1.165, 1.54) is 45.4 Å². The second-order valence-corrected chi connectivity index (χ2v) is 10.7. The molecule has 0 saturated carbocycles. The van der Waals surface area contributed by atoms with Gasteiger partial charge in [-0.2, -0.15) is 0 Å². The maximum atomic E-state index is 13.2. The van der Waals surface area contributed by atoms with Crippen LogP contribution in [0.2, 0.25) is 0 Å². The molecule has 40 heavy (non-hydrogen) atoms. The van der Waals surface area contributed by atoms with E-state index in [2.05, 4.69) is 5.32 Å². The number of hydrogen-bond acceptors (Lipinski definition) is 8. The molecule has 3 aromatic carbocycles. The lowest BCUT2D eigenvalue weighted by Gasteiger charge is -2.20. The Bertz CT molecular complexity index is 1810. The Morgan fingerprint density at radius 3 is 2.25 bits per heavy atom. The zero-order chi connectivity index (χ0) is 29.0.